The number of hydrazine groups is 1. The molecule has 1 aliphatic rings. The van der Waals surface area contributed by atoms with Crippen LogP contribution in [0.5, 0.6) is 0 Å². The molecule has 0 aliphatic carbocycles. The summed E-state index contributed by atoms with van der Waals surface area (Å²) in [5.41, 5.74) is 0. The zero-order valence-corrected chi connectivity index (χ0v) is 6.29. The lowest BCUT2D eigenvalue weighted by atomic mass is 10.9. The normalized spacial score (nSPS) is 18.6. The van der Waals surface area contributed by atoms with Gasteiger partial charge in [-0.25, -0.2) is 0 Å². The predicted octanol–water partition coefficient (Wildman–Crippen LogP) is -0.747. The number of hydrogen-bond donors (Lipinski definition) is 2. The largest absolute Gasteiger partial charge is 0.289 e. The van der Waals surface area contributed by atoms with E-state index in [1.165, 1.54) is 4.68 Å². The van der Waals surface area contributed by atoms with Crippen molar-refractivity contribution in [2.24, 2.45) is 10.8 Å². The second-order valence-electron chi connectivity index (χ2n) is 1.33. The van der Waals surface area contributed by atoms with E-state index in [0.29, 0.717) is 6.67 Å². The van der Waals surface area contributed by atoms with Gasteiger partial charge in [0, 0.05) is 22.6 Å². The number of hydrazone groups is 1. The van der Waals surface area contributed by atoms with Crippen LogP contribution >= 0.6 is 22.6 Å². The summed E-state index contributed by atoms with van der Waals surface area (Å²) >= 11 is 2.10. The van der Waals surface area contributed by atoms with Gasteiger partial charge in [-0.3, -0.25) is 11.2 Å². The van der Waals surface area contributed by atoms with Gasteiger partial charge < -0.3 is 0 Å². The number of nitrogens with one attached hydrogen (secondary N) is 1. The van der Waals surface area contributed by atoms with Crippen LogP contribution in [0.25, 0.3) is 0 Å². The van der Waals surface area contributed by atoms with Crippen molar-refractivity contribution in [2.75, 3.05) is 6.67 Å². The summed E-state index contributed by atoms with van der Waals surface area (Å²) in [5, 5.41) is 2.94. The molecule has 5 heteroatoms. The maximum absolute atomic E-state index is 5.36. The molecule has 0 radical (unpaired) electrons. The molecule has 3 N–H and O–H groups in total. The van der Waals surface area contributed by atoms with Crippen LogP contribution in [-0.2, 0) is 0 Å². The molecule has 0 amide bonds. The summed E-state index contributed by atoms with van der Waals surface area (Å²) in [5.74, 6) is 5.36. The fourth-order valence-corrected chi connectivity index (χ4v) is 0.677. The Balaban J connectivity index is 2.76. The quantitative estimate of drug-likeness (QED) is 0.247. The first-order valence-corrected chi connectivity index (χ1v) is 3.19. The molecule has 0 aromatic rings. The summed E-state index contributed by atoms with van der Waals surface area (Å²) < 4.78 is 2.34. The van der Waals surface area contributed by atoms with E-state index in [2.05, 4.69) is 32.9 Å². The minimum Gasteiger partial charge on any atom is -0.289 e. The maximum atomic E-state index is 5.36. The molecule has 4 nitrogen and oxygen atoms in total. The lowest BCUT2D eigenvalue weighted by Gasteiger charge is -2.00. The van der Waals surface area contributed by atoms with E-state index < -0.39 is 0 Å². The van der Waals surface area contributed by atoms with Crippen molar-refractivity contribution < 1.29 is 4.68 Å². The van der Waals surface area contributed by atoms with Crippen molar-refractivity contribution >= 4 is 32.8 Å². The topological polar surface area (TPSA) is 53.4 Å². The van der Waals surface area contributed by atoms with Crippen LogP contribution in [0, 0.1) is 0 Å². The minimum absolute atomic E-state index is 0.631. The third kappa shape index (κ3) is 1.09. The molecule has 0 fully saturated rings. The first kappa shape index (κ1) is 5.80. The minimum atomic E-state index is 0.631. The summed E-state index contributed by atoms with van der Waals surface area (Å²) in [6.07, 6.45) is 1.58. The Kier molecular flexibility index (Phi) is 1.66. The van der Waals surface area contributed by atoms with Crippen molar-refractivity contribution in [1.82, 2.24) is 5.32 Å². The molecule has 0 saturated carbocycles. The first-order chi connectivity index (χ1) is 3.80. The fourth-order valence-electron chi connectivity index (χ4n) is 0.382. The molecule has 1 rings (SSSR count). The highest BCUT2D eigenvalue weighted by Gasteiger charge is 2.05. The third-order valence-corrected chi connectivity index (χ3v) is 1.69. The average Bonchev–Trinajstić information content (AvgIpc) is 1.77. The molecular formula is C3H6IN4+. The summed E-state index contributed by atoms with van der Waals surface area (Å²) in [7, 11) is 0. The van der Waals surface area contributed by atoms with E-state index in [1.807, 2.05) is 0 Å². The van der Waals surface area contributed by atoms with Gasteiger partial charge in [-0.1, -0.05) is 0 Å². The van der Waals surface area contributed by atoms with Gasteiger partial charge in [0.1, 0.15) is 0 Å². The van der Waals surface area contributed by atoms with Gasteiger partial charge in [-0.2, -0.15) is 0 Å². The molecule has 0 aromatic carbocycles. The molecule has 0 atom stereocenters. The Bertz CT molecular complexity index is 149. The molecule has 0 unspecified atom stereocenters. The van der Waals surface area contributed by atoms with Gasteiger partial charge in [-0.05, 0) is 0 Å². The smallest absolute Gasteiger partial charge is 0.282 e. The van der Waals surface area contributed by atoms with E-state index in [9.17, 15) is 0 Å². The number of rotatable bonds is 0. The second kappa shape index (κ2) is 2.29. The summed E-state index contributed by atoms with van der Waals surface area (Å²) in [6.45, 7) is 0.631. The highest BCUT2D eigenvalue weighted by Crippen LogP contribution is 1.85. The lowest BCUT2D eigenvalue weighted by Crippen LogP contribution is -2.36. The highest BCUT2D eigenvalue weighted by molar-refractivity contribution is 14.1. The Morgan fingerprint density at radius 1 is 2.00 bits per heavy atom. The number of nitrogens with two attached hydrogens (primary N) is 1. The lowest BCUT2D eigenvalue weighted by molar-refractivity contribution is -0.410. The van der Waals surface area contributed by atoms with Crippen molar-refractivity contribution in [1.29, 1.82) is 0 Å². The van der Waals surface area contributed by atoms with Gasteiger partial charge in [0.2, 0.25) is 13.0 Å². The first-order valence-electron chi connectivity index (χ1n) is 2.11. The molecule has 44 valence electrons. The number of nitrogens with zero attached hydrogens (tertiary/aromatic N) is 2. The van der Waals surface area contributed by atoms with E-state index in [4.69, 9.17) is 5.84 Å². The second-order valence-corrected chi connectivity index (χ2v) is 2.35. The monoisotopic (exact) mass is 225 g/mol. The van der Waals surface area contributed by atoms with Crippen LogP contribution in [0.4, 0.5) is 0 Å². The third-order valence-electron chi connectivity index (χ3n) is 0.749. The summed E-state index contributed by atoms with van der Waals surface area (Å²) in [6, 6.07) is 0. The molecular weight excluding hydrogens is 219 g/mol. The Morgan fingerprint density at radius 3 is 3.12 bits per heavy atom. The van der Waals surface area contributed by atoms with Crippen LogP contribution in [0.1, 0.15) is 0 Å². The Morgan fingerprint density at radius 2 is 2.75 bits per heavy atom. The molecule has 0 spiro atoms. The average molecular weight is 225 g/mol. The van der Waals surface area contributed by atoms with E-state index in [1.54, 1.807) is 6.34 Å². The van der Waals surface area contributed by atoms with Crippen molar-refractivity contribution in [3.63, 3.8) is 0 Å². The predicted molar refractivity (Wildman–Crippen MR) is 40.0 cm³/mol. The fraction of sp³-hybridized carbons (Fsp3) is 0.333. The van der Waals surface area contributed by atoms with Gasteiger partial charge >= 0.3 is 0 Å². The van der Waals surface area contributed by atoms with Crippen molar-refractivity contribution in [3.8, 4) is 0 Å². The number of amidine groups is 1. The zero-order valence-electron chi connectivity index (χ0n) is 4.13. The molecule has 0 saturated heterocycles. The van der Waals surface area contributed by atoms with Crippen LogP contribution in [0.2, 0.25) is 0 Å². The van der Waals surface area contributed by atoms with E-state index in [-0.39, 0.29) is 0 Å². The van der Waals surface area contributed by atoms with Crippen molar-refractivity contribution in [2.45, 2.75) is 0 Å². The van der Waals surface area contributed by atoms with Crippen LogP contribution in [0.3, 0.4) is 0 Å². The van der Waals surface area contributed by atoms with Crippen LogP contribution in [-0.4, -0.2) is 21.5 Å². The molecule has 8 heavy (non-hydrogen) atoms. The highest BCUT2D eigenvalue weighted by atomic mass is 127. The summed E-state index contributed by atoms with van der Waals surface area (Å²) in [4.78, 5) is 3.85. The van der Waals surface area contributed by atoms with Crippen molar-refractivity contribution in [3.05, 3.63) is 0 Å². The number of halogens is 1. The molecule has 1 heterocycles. The Hall–Kier alpha value is -0.330. The molecule has 0 aromatic heterocycles. The maximum Gasteiger partial charge on any atom is 0.282 e. The molecule has 0 bridgehead atoms. The number of hydrogen-bond acceptors (Lipinski definition) is 3. The zero-order chi connectivity index (χ0) is 5.98. The number of aliphatic imine (C=N–C) groups is 1. The van der Waals surface area contributed by atoms with Gasteiger partial charge in [0.25, 0.3) is 3.84 Å². The molecule has 1 aliphatic heterocycles. The Labute approximate surface area is 60.6 Å². The van der Waals surface area contributed by atoms with Gasteiger partial charge in [-0.15, -0.1) is 9.68 Å². The SMILES string of the molecule is N[N+]1=C(I)NCN=C1. The van der Waals surface area contributed by atoms with Gasteiger partial charge in [0.15, 0.2) is 0 Å². The van der Waals surface area contributed by atoms with Gasteiger partial charge in [0.05, 0.1) is 0 Å². The van der Waals surface area contributed by atoms with Crippen LogP contribution in [0.15, 0.2) is 4.99 Å². The van der Waals surface area contributed by atoms with E-state index >= 15 is 0 Å². The van der Waals surface area contributed by atoms with E-state index in [0.717, 1.165) is 3.84 Å². The van der Waals surface area contributed by atoms with Crippen LogP contribution < -0.4 is 11.2 Å². The standard InChI is InChI=1S/C3H5IN4/c4-3-7-1-6-2-8(3)5/h2H,1,5H2/p+1.